The quantitative estimate of drug-likeness (QED) is 0.742. The van der Waals surface area contributed by atoms with Crippen LogP contribution in [0.5, 0.6) is 11.5 Å². The van der Waals surface area contributed by atoms with Crippen molar-refractivity contribution in [3.63, 3.8) is 0 Å². The minimum Gasteiger partial charge on any atom is -0.465 e. The highest BCUT2D eigenvalue weighted by Gasteiger charge is 2.08. The summed E-state index contributed by atoms with van der Waals surface area (Å²) in [6.07, 6.45) is -1.08. The fraction of sp³-hybridized carbons (Fsp3) is 0.133. The van der Waals surface area contributed by atoms with E-state index < -0.39 is 6.09 Å². The van der Waals surface area contributed by atoms with Crippen molar-refractivity contribution in [1.29, 1.82) is 0 Å². The van der Waals surface area contributed by atoms with Crippen molar-refractivity contribution >= 4 is 17.5 Å². The van der Waals surface area contributed by atoms with Crippen LogP contribution in [0.25, 0.3) is 0 Å². The minimum atomic E-state index is -1.08. The molecule has 0 aromatic heterocycles. The minimum absolute atomic E-state index is 0.555. The second kappa shape index (κ2) is 5.52. The van der Waals surface area contributed by atoms with E-state index in [-0.39, 0.29) is 0 Å². The third-order valence-corrected chi connectivity index (χ3v) is 2.87. The van der Waals surface area contributed by atoms with E-state index in [9.17, 15) is 4.79 Å². The van der Waals surface area contributed by atoms with Gasteiger partial charge in [-0.25, -0.2) is 4.79 Å². The molecule has 0 unspecified atom stereocenters. The highest BCUT2D eigenvalue weighted by Crippen LogP contribution is 2.30. The third kappa shape index (κ3) is 3.20. The molecule has 104 valence electrons. The van der Waals surface area contributed by atoms with Gasteiger partial charge in [0.15, 0.2) is 0 Å². The van der Waals surface area contributed by atoms with Crippen molar-refractivity contribution in [2.75, 3.05) is 11.1 Å². The molecule has 0 radical (unpaired) electrons. The summed E-state index contributed by atoms with van der Waals surface area (Å²) in [7, 11) is 0. The Morgan fingerprint density at radius 2 is 1.80 bits per heavy atom. The van der Waals surface area contributed by atoms with Gasteiger partial charge in [0, 0.05) is 11.4 Å². The maximum Gasteiger partial charge on any atom is 0.409 e. The van der Waals surface area contributed by atoms with Crippen LogP contribution in [0.3, 0.4) is 0 Å². The normalized spacial score (nSPS) is 10.1. The number of nitrogens with two attached hydrogens (primary N) is 1. The molecule has 5 heteroatoms. The predicted molar refractivity (Wildman–Crippen MR) is 78.5 cm³/mol. The van der Waals surface area contributed by atoms with Crippen molar-refractivity contribution in [2.24, 2.45) is 0 Å². The lowest BCUT2D eigenvalue weighted by atomic mass is 10.1. The molecule has 0 spiro atoms. The van der Waals surface area contributed by atoms with Gasteiger partial charge in [0.2, 0.25) is 0 Å². The van der Waals surface area contributed by atoms with Crippen LogP contribution < -0.4 is 15.8 Å². The first-order valence-electron chi connectivity index (χ1n) is 6.10. The summed E-state index contributed by atoms with van der Waals surface area (Å²) in [5, 5.41) is 11.1. The Balaban J connectivity index is 2.26. The van der Waals surface area contributed by atoms with Gasteiger partial charge in [-0.3, -0.25) is 5.32 Å². The average molecular weight is 272 g/mol. The Morgan fingerprint density at radius 1 is 1.15 bits per heavy atom. The van der Waals surface area contributed by atoms with E-state index in [0.717, 1.165) is 11.1 Å². The zero-order valence-electron chi connectivity index (χ0n) is 11.3. The van der Waals surface area contributed by atoms with E-state index in [0.29, 0.717) is 22.9 Å². The van der Waals surface area contributed by atoms with Crippen molar-refractivity contribution in [1.82, 2.24) is 0 Å². The summed E-state index contributed by atoms with van der Waals surface area (Å²) in [6.45, 7) is 3.68. The van der Waals surface area contributed by atoms with E-state index >= 15 is 0 Å². The lowest BCUT2D eigenvalue weighted by Gasteiger charge is -2.13. The van der Waals surface area contributed by atoms with Gasteiger partial charge in [-0.15, -0.1) is 0 Å². The molecule has 0 fully saturated rings. The van der Waals surface area contributed by atoms with Crippen LogP contribution in [-0.4, -0.2) is 11.2 Å². The number of aryl methyl sites for hydroxylation is 2. The van der Waals surface area contributed by atoms with Crippen molar-refractivity contribution < 1.29 is 14.6 Å². The molecule has 20 heavy (non-hydrogen) atoms. The van der Waals surface area contributed by atoms with Crippen LogP contribution >= 0.6 is 0 Å². The molecule has 0 aliphatic rings. The predicted octanol–water partition coefficient (Wildman–Crippen LogP) is 3.77. The van der Waals surface area contributed by atoms with Crippen molar-refractivity contribution in [3.05, 3.63) is 47.5 Å². The summed E-state index contributed by atoms with van der Waals surface area (Å²) in [4.78, 5) is 10.7. The fourth-order valence-electron chi connectivity index (χ4n) is 1.81. The SMILES string of the molecule is Cc1cc(Oc2ccc(N)cc2)c(C)cc1NC(=O)O. The summed E-state index contributed by atoms with van der Waals surface area (Å²) in [5.41, 5.74) is 8.49. The topological polar surface area (TPSA) is 84.6 Å². The number of nitrogens with one attached hydrogen (secondary N) is 1. The molecular formula is C15H16N2O3. The molecular weight excluding hydrogens is 256 g/mol. The van der Waals surface area contributed by atoms with Gasteiger partial charge >= 0.3 is 6.09 Å². The Hall–Kier alpha value is -2.69. The first-order valence-corrected chi connectivity index (χ1v) is 6.10. The number of rotatable bonds is 3. The molecule has 0 saturated heterocycles. The van der Waals surface area contributed by atoms with E-state index in [1.54, 1.807) is 36.4 Å². The summed E-state index contributed by atoms with van der Waals surface area (Å²) < 4.78 is 5.77. The Bertz CT molecular complexity index is 636. The zero-order valence-corrected chi connectivity index (χ0v) is 11.3. The van der Waals surface area contributed by atoms with Gasteiger partial charge in [-0.05, 0) is 61.4 Å². The van der Waals surface area contributed by atoms with Crippen LogP contribution in [0.15, 0.2) is 36.4 Å². The number of carboxylic acid groups (broad SMARTS) is 1. The lowest BCUT2D eigenvalue weighted by Crippen LogP contribution is -2.08. The van der Waals surface area contributed by atoms with Crippen LogP contribution in [0.1, 0.15) is 11.1 Å². The maximum atomic E-state index is 10.7. The number of benzene rings is 2. The van der Waals surface area contributed by atoms with Gasteiger partial charge in [-0.2, -0.15) is 0 Å². The van der Waals surface area contributed by atoms with E-state index in [1.807, 2.05) is 13.8 Å². The first kappa shape index (κ1) is 13.7. The summed E-state index contributed by atoms with van der Waals surface area (Å²) in [5.74, 6) is 1.36. The van der Waals surface area contributed by atoms with Gasteiger partial charge in [0.05, 0.1) is 0 Å². The molecule has 1 amide bonds. The molecule has 2 aromatic rings. The average Bonchev–Trinajstić information content (AvgIpc) is 2.37. The van der Waals surface area contributed by atoms with Crippen LogP contribution in [0.4, 0.5) is 16.2 Å². The maximum absolute atomic E-state index is 10.7. The summed E-state index contributed by atoms with van der Waals surface area (Å²) in [6, 6.07) is 10.6. The number of carbonyl (C=O) groups is 1. The molecule has 2 aromatic carbocycles. The van der Waals surface area contributed by atoms with Gasteiger partial charge < -0.3 is 15.6 Å². The number of hydrogen-bond acceptors (Lipinski definition) is 3. The van der Waals surface area contributed by atoms with Gasteiger partial charge in [-0.1, -0.05) is 0 Å². The Labute approximate surface area is 117 Å². The lowest BCUT2D eigenvalue weighted by molar-refractivity contribution is 0.209. The van der Waals surface area contributed by atoms with Crippen LogP contribution in [-0.2, 0) is 0 Å². The molecule has 5 nitrogen and oxygen atoms in total. The first-order chi connectivity index (χ1) is 9.45. The molecule has 4 N–H and O–H groups in total. The zero-order chi connectivity index (χ0) is 14.7. The Morgan fingerprint density at radius 3 is 2.40 bits per heavy atom. The molecule has 0 aliphatic carbocycles. The molecule has 0 heterocycles. The van der Waals surface area contributed by atoms with E-state index in [4.69, 9.17) is 15.6 Å². The second-order valence-corrected chi connectivity index (χ2v) is 4.53. The van der Waals surface area contributed by atoms with Crippen LogP contribution in [0.2, 0.25) is 0 Å². The molecule has 0 aliphatic heterocycles. The van der Waals surface area contributed by atoms with Gasteiger partial charge in [0.25, 0.3) is 0 Å². The number of hydrogen-bond donors (Lipinski definition) is 3. The molecule has 0 atom stereocenters. The molecule has 0 saturated carbocycles. The number of anilines is 2. The van der Waals surface area contributed by atoms with Crippen LogP contribution in [0, 0.1) is 13.8 Å². The number of nitrogen functional groups attached to an aromatic ring is 1. The molecule has 0 bridgehead atoms. The van der Waals surface area contributed by atoms with Crippen molar-refractivity contribution in [2.45, 2.75) is 13.8 Å². The van der Waals surface area contributed by atoms with Crippen molar-refractivity contribution in [3.8, 4) is 11.5 Å². The highest BCUT2D eigenvalue weighted by molar-refractivity contribution is 5.84. The standard InChI is InChI=1S/C15H16N2O3/c1-9-8-14(10(2)7-13(9)17-15(18)19)20-12-5-3-11(16)4-6-12/h3-8,17H,16H2,1-2H3,(H,18,19). The Kier molecular flexibility index (Phi) is 3.79. The summed E-state index contributed by atoms with van der Waals surface area (Å²) >= 11 is 0. The van der Waals surface area contributed by atoms with E-state index in [1.165, 1.54) is 0 Å². The fourth-order valence-corrected chi connectivity index (χ4v) is 1.81. The number of ether oxygens (including phenoxy) is 1. The highest BCUT2D eigenvalue weighted by atomic mass is 16.5. The third-order valence-electron chi connectivity index (χ3n) is 2.87. The number of amides is 1. The largest absolute Gasteiger partial charge is 0.465 e. The van der Waals surface area contributed by atoms with E-state index in [2.05, 4.69) is 5.32 Å². The smallest absolute Gasteiger partial charge is 0.409 e. The molecule has 2 rings (SSSR count). The van der Waals surface area contributed by atoms with Gasteiger partial charge in [0.1, 0.15) is 11.5 Å². The monoisotopic (exact) mass is 272 g/mol. The second-order valence-electron chi connectivity index (χ2n) is 4.53.